The number of amides is 1. The van der Waals surface area contributed by atoms with E-state index in [2.05, 4.69) is 32.8 Å². The van der Waals surface area contributed by atoms with Crippen LogP contribution in [-0.2, 0) is 0 Å². The lowest BCUT2D eigenvalue weighted by molar-refractivity contribution is 0.0950. The number of nitrogens with one attached hydrogen (secondary N) is 2. The predicted molar refractivity (Wildman–Crippen MR) is 83.4 cm³/mol. The summed E-state index contributed by atoms with van der Waals surface area (Å²) in [6.45, 7) is 4.29. The van der Waals surface area contributed by atoms with Gasteiger partial charge in [0, 0.05) is 25.7 Å². The zero-order valence-electron chi connectivity index (χ0n) is 12.9. The summed E-state index contributed by atoms with van der Waals surface area (Å²) >= 11 is 0. The van der Waals surface area contributed by atoms with Crippen LogP contribution in [0.4, 0.5) is 5.82 Å². The molecule has 21 heavy (non-hydrogen) atoms. The molecule has 0 unspecified atom stereocenters. The van der Waals surface area contributed by atoms with Gasteiger partial charge < -0.3 is 15.5 Å². The predicted octanol–water partition coefficient (Wildman–Crippen LogP) is 1.51. The first-order valence-electron chi connectivity index (χ1n) is 7.76. The third-order valence-corrected chi connectivity index (χ3v) is 3.95. The zero-order valence-corrected chi connectivity index (χ0v) is 12.9. The van der Waals surface area contributed by atoms with Crippen molar-refractivity contribution in [3.8, 4) is 0 Å². The molecule has 116 valence electrons. The Morgan fingerprint density at radius 2 is 2.10 bits per heavy atom. The first-order chi connectivity index (χ1) is 10.2. The Morgan fingerprint density at radius 3 is 2.71 bits per heavy atom. The smallest absolute Gasteiger partial charge is 0.271 e. The van der Waals surface area contributed by atoms with Crippen LogP contribution in [0.5, 0.6) is 0 Å². The van der Waals surface area contributed by atoms with E-state index in [-0.39, 0.29) is 5.91 Å². The minimum atomic E-state index is -0.183. The third-order valence-electron chi connectivity index (χ3n) is 3.95. The van der Waals surface area contributed by atoms with Gasteiger partial charge in [-0.05, 0) is 38.9 Å². The number of carbonyl (C=O) groups is 1. The van der Waals surface area contributed by atoms with E-state index in [0.29, 0.717) is 18.1 Å². The van der Waals surface area contributed by atoms with Gasteiger partial charge in [0.05, 0.1) is 0 Å². The molecule has 1 aliphatic carbocycles. The number of likely N-dealkylation sites (N-methyl/N-ethyl adjacent to an activating group) is 1. The van der Waals surface area contributed by atoms with Gasteiger partial charge in [-0.1, -0.05) is 12.8 Å². The monoisotopic (exact) mass is 291 g/mol. The summed E-state index contributed by atoms with van der Waals surface area (Å²) in [6, 6.07) is 4.23. The van der Waals surface area contributed by atoms with Gasteiger partial charge in [-0.15, -0.1) is 10.2 Å². The second-order valence-electron chi connectivity index (χ2n) is 5.51. The summed E-state index contributed by atoms with van der Waals surface area (Å²) in [5.74, 6) is 0.528. The average molecular weight is 291 g/mol. The molecule has 1 heterocycles. The van der Waals surface area contributed by atoms with E-state index in [1.165, 1.54) is 25.7 Å². The minimum absolute atomic E-state index is 0.183. The molecule has 6 nitrogen and oxygen atoms in total. The maximum Gasteiger partial charge on any atom is 0.271 e. The first-order valence-corrected chi connectivity index (χ1v) is 7.76. The van der Waals surface area contributed by atoms with Gasteiger partial charge in [0.15, 0.2) is 5.69 Å². The summed E-state index contributed by atoms with van der Waals surface area (Å²) in [5.41, 5.74) is 0.352. The van der Waals surface area contributed by atoms with Crippen molar-refractivity contribution in [3.05, 3.63) is 17.8 Å². The zero-order chi connectivity index (χ0) is 15.1. The molecule has 1 aliphatic rings. The first kappa shape index (κ1) is 15.7. The minimum Gasteiger partial charge on any atom is -0.367 e. The molecule has 2 rings (SSSR count). The molecule has 1 saturated carbocycles. The fraction of sp³-hybridized carbons (Fsp3) is 0.667. The molecule has 1 amide bonds. The molecule has 0 spiro atoms. The molecule has 2 N–H and O–H groups in total. The number of aromatic nitrogens is 2. The molecule has 0 atom stereocenters. The maximum absolute atomic E-state index is 11.6. The van der Waals surface area contributed by atoms with Crippen LogP contribution < -0.4 is 10.6 Å². The molecule has 0 saturated heterocycles. The van der Waals surface area contributed by atoms with Gasteiger partial charge in [0.1, 0.15) is 5.82 Å². The summed E-state index contributed by atoms with van der Waals surface area (Å²) < 4.78 is 0. The molecule has 6 heteroatoms. The Bertz CT molecular complexity index is 442. The SMILES string of the molecule is CCNC(=O)c1ccc(NCCN(C)C2CCCC2)nn1. The molecule has 0 bridgehead atoms. The second-order valence-corrected chi connectivity index (χ2v) is 5.51. The number of hydrogen-bond donors (Lipinski definition) is 2. The van der Waals surface area contributed by atoms with Gasteiger partial charge in [-0.25, -0.2) is 0 Å². The van der Waals surface area contributed by atoms with Crippen molar-refractivity contribution in [1.29, 1.82) is 0 Å². The number of carbonyl (C=O) groups excluding carboxylic acids is 1. The van der Waals surface area contributed by atoms with Crippen molar-refractivity contribution >= 4 is 11.7 Å². The van der Waals surface area contributed by atoms with E-state index in [0.717, 1.165) is 19.1 Å². The highest BCUT2D eigenvalue weighted by Crippen LogP contribution is 2.21. The maximum atomic E-state index is 11.6. The number of hydrogen-bond acceptors (Lipinski definition) is 5. The molecular formula is C15H25N5O. The number of nitrogens with zero attached hydrogens (tertiary/aromatic N) is 3. The van der Waals surface area contributed by atoms with Crippen LogP contribution in [0.2, 0.25) is 0 Å². The van der Waals surface area contributed by atoms with E-state index in [4.69, 9.17) is 0 Å². The van der Waals surface area contributed by atoms with E-state index in [1.807, 2.05) is 6.92 Å². The lowest BCUT2D eigenvalue weighted by Crippen LogP contribution is -2.33. The van der Waals surface area contributed by atoms with Crippen molar-refractivity contribution in [2.24, 2.45) is 0 Å². The van der Waals surface area contributed by atoms with Crippen molar-refractivity contribution in [2.45, 2.75) is 38.6 Å². The fourth-order valence-corrected chi connectivity index (χ4v) is 2.69. The lowest BCUT2D eigenvalue weighted by atomic mass is 10.2. The summed E-state index contributed by atoms with van der Waals surface area (Å²) in [4.78, 5) is 14.0. The van der Waals surface area contributed by atoms with Gasteiger partial charge in [0.2, 0.25) is 0 Å². The Hall–Kier alpha value is -1.69. The highest BCUT2D eigenvalue weighted by Gasteiger charge is 2.18. The summed E-state index contributed by atoms with van der Waals surface area (Å²) in [5, 5.41) is 13.9. The van der Waals surface area contributed by atoms with Gasteiger partial charge in [0.25, 0.3) is 5.91 Å². The van der Waals surface area contributed by atoms with Gasteiger partial charge in [-0.3, -0.25) is 4.79 Å². The van der Waals surface area contributed by atoms with E-state index >= 15 is 0 Å². The number of anilines is 1. The Labute approximate surface area is 126 Å². The van der Waals surface area contributed by atoms with Crippen molar-refractivity contribution < 1.29 is 4.79 Å². The van der Waals surface area contributed by atoms with Crippen LogP contribution in [0.15, 0.2) is 12.1 Å². The fourth-order valence-electron chi connectivity index (χ4n) is 2.69. The molecule has 0 aromatic carbocycles. The van der Waals surface area contributed by atoms with Crippen molar-refractivity contribution in [3.63, 3.8) is 0 Å². The Kier molecular flexibility index (Phi) is 5.92. The van der Waals surface area contributed by atoms with Crippen molar-refractivity contribution in [2.75, 3.05) is 32.0 Å². The van der Waals surface area contributed by atoms with Crippen LogP contribution >= 0.6 is 0 Å². The van der Waals surface area contributed by atoms with E-state index < -0.39 is 0 Å². The van der Waals surface area contributed by atoms with Crippen molar-refractivity contribution in [1.82, 2.24) is 20.4 Å². The van der Waals surface area contributed by atoms with Gasteiger partial charge in [-0.2, -0.15) is 0 Å². The standard InChI is InChI=1S/C15H25N5O/c1-3-16-15(21)13-8-9-14(19-18-13)17-10-11-20(2)12-6-4-5-7-12/h8-9,12H,3-7,10-11H2,1-2H3,(H,16,21)(H,17,19). The normalized spacial score (nSPS) is 15.4. The topological polar surface area (TPSA) is 70.2 Å². The Balaban J connectivity index is 1.74. The lowest BCUT2D eigenvalue weighted by Gasteiger charge is -2.23. The third kappa shape index (κ3) is 4.67. The molecule has 1 fully saturated rings. The number of rotatable bonds is 7. The molecule has 1 aromatic rings. The second kappa shape index (κ2) is 7.93. The molecule has 0 aliphatic heterocycles. The van der Waals surface area contributed by atoms with Gasteiger partial charge >= 0.3 is 0 Å². The quantitative estimate of drug-likeness (QED) is 0.797. The van der Waals surface area contributed by atoms with E-state index in [9.17, 15) is 4.79 Å². The van der Waals surface area contributed by atoms with Crippen LogP contribution in [0.3, 0.4) is 0 Å². The average Bonchev–Trinajstić information content (AvgIpc) is 3.02. The Morgan fingerprint density at radius 1 is 1.33 bits per heavy atom. The van der Waals surface area contributed by atoms with E-state index in [1.54, 1.807) is 12.1 Å². The molecular weight excluding hydrogens is 266 g/mol. The van der Waals surface area contributed by atoms with Crippen LogP contribution in [-0.4, -0.2) is 53.7 Å². The summed E-state index contributed by atoms with van der Waals surface area (Å²) in [6.07, 6.45) is 5.35. The highest BCUT2D eigenvalue weighted by molar-refractivity contribution is 5.92. The van der Waals surface area contributed by atoms with Crippen LogP contribution in [0.25, 0.3) is 0 Å². The largest absolute Gasteiger partial charge is 0.367 e. The summed E-state index contributed by atoms with van der Waals surface area (Å²) in [7, 11) is 2.18. The van der Waals surface area contributed by atoms with Crippen LogP contribution in [0.1, 0.15) is 43.1 Å². The molecule has 1 aromatic heterocycles. The molecule has 0 radical (unpaired) electrons. The van der Waals surface area contributed by atoms with Crippen LogP contribution in [0, 0.1) is 0 Å². The highest BCUT2D eigenvalue weighted by atomic mass is 16.1.